The Bertz CT molecular complexity index is 628. The van der Waals surface area contributed by atoms with E-state index in [0.717, 1.165) is 0 Å². The van der Waals surface area contributed by atoms with Crippen molar-refractivity contribution in [3.8, 4) is 0 Å². The van der Waals surface area contributed by atoms with Gasteiger partial charge in [-0.1, -0.05) is 11.6 Å². The average Bonchev–Trinajstić information content (AvgIpc) is 2.36. The number of carbonyl (C=O) groups is 1. The zero-order valence-electron chi connectivity index (χ0n) is 11.1. The third kappa shape index (κ3) is 2.67. The number of nitrogens with zero attached hydrogens (tertiary/aromatic N) is 1. The lowest BCUT2D eigenvalue weighted by molar-refractivity contribution is 0.0600. The number of hydrogen-bond acceptors (Lipinski definition) is 5. The SMILES string of the molecule is COC(=O)c1ccc(Cl)c(S(=O)(=O)N(C)C2CNC2)c1. The molecule has 0 amide bonds. The minimum absolute atomic E-state index is 0.0804. The van der Waals surface area contributed by atoms with E-state index >= 15 is 0 Å². The van der Waals surface area contributed by atoms with E-state index in [0.29, 0.717) is 13.1 Å². The highest BCUT2D eigenvalue weighted by Crippen LogP contribution is 2.27. The lowest BCUT2D eigenvalue weighted by atomic mass is 10.2. The molecule has 0 bridgehead atoms. The molecule has 1 aliphatic rings. The third-order valence-electron chi connectivity index (χ3n) is 3.28. The first-order valence-electron chi connectivity index (χ1n) is 5.94. The van der Waals surface area contributed by atoms with Crippen molar-refractivity contribution in [2.24, 2.45) is 0 Å². The van der Waals surface area contributed by atoms with Gasteiger partial charge in [-0.2, -0.15) is 4.31 Å². The van der Waals surface area contributed by atoms with Crippen LogP contribution in [0.4, 0.5) is 0 Å². The summed E-state index contributed by atoms with van der Waals surface area (Å²) in [7, 11) is -1.01. The quantitative estimate of drug-likeness (QED) is 0.828. The van der Waals surface area contributed by atoms with Crippen LogP contribution in [0.1, 0.15) is 10.4 Å². The molecule has 20 heavy (non-hydrogen) atoms. The largest absolute Gasteiger partial charge is 0.465 e. The van der Waals surface area contributed by atoms with Gasteiger partial charge in [-0.3, -0.25) is 0 Å². The van der Waals surface area contributed by atoms with Crippen molar-refractivity contribution in [2.45, 2.75) is 10.9 Å². The van der Waals surface area contributed by atoms with Gasteiger partial charge in [0.05, 0.1) is 17.7 Å². The Morgan fingerprint density at radius 3 is 2.60 bits per heavy atom. The maximum absolute atomic E-state index is 12.5. The van der Waals surface area contributed by atoms with Gasteiger partial charge in [0, 0.05) is 26.2 Å². The van der Waals surface area contributed by atoms with E-state index in [1.165, 1.54) is 36.7 Å². The average molecular weight is 319 g/mol. The Labute approximate surface area is 122 Å². The number of benzene rings is 1. The van der Waals surface area contributed by atoms with Gasteiger partial charge in [-0.05, 0) is 18.2 Å². The first-order chi connectivity index (χ1) is 9.37. The van der Waals surface area contributed by atoms with Crippen molar-refractivity contribution < 1.29 is 17.9 Å². The standard InChI is InChI=1S/C12H15ClN2O4S/c1-15(9-6-14-7-9)20(17,18)11-5-8(12(16)19-2)3-4-10(11)13/h3-5,9,14H,6-7H2,1-2H3. The molecule has 8 heteroatoms. The summed E-state index contributed by atoms with van der Waals surface area (Å²) in [4.78, 5) is 11.4. The van der Waals surface area contributed by atoms with Gasteiger partial charge >= 0.3 is 5.97 Å². The number of rotatable bonds is 4. The molecule has 1 fully saturated rings. The summed E-state index contributed by atoms with van der Waals surface area (Å²) in [5.74, 6) is -0.605. The number of likely N-dealkylation sites (N-methyl/N-ethyl adjacent to an activating group) is 1. The van der Waals surface area contributed by atoms with E-state index in [1.807, 2.05) is 0 Å². The Hall–Kier alpha value is -1.15. The molecule has 0 radical (unpaired) electrons. The minimum atomic E-state index is -3.74. The lowest BCUT2D eigenvalue weighted by Crippen LogP contribution is -2.57. The van der Waals surface area contributed by atoms with E-state index in [-0.39, 0.29) is 21.5 Å². The van der Waals surface area contributed by atoms with Crippen LogP contribution in [0.15, 0.2) is 23.1 Å². The summed E-state index contributed by atoms with van der Waals surface area (Å²) >= 11 is 5.97. The zero-order valence-corrected chi connectivity index (χ0v) is 12.7. The zero-order chi connectivity index (χ0) is 14.9. The minimum Gasteiger partial charge on any atom is -0.465 e. The smallest absolute Gasteiger partial charge is 0.337 e. The molecule has 0 unspecified atom stereocenters. The Morgan fingerprint density at radius 2 is 2.10 bits per heavy atom. The fourth-order valence-corrected chi connectivity index (χ4v) is 3.68. The van der Waals surface area contributed by atoms with Crippen molar-refractivity contribution in [2.75, 3.05) is 27.2 Å². The second-order valence-electron chi connectivity index (χ2n) is 4.47. The monoisotopic (exact) mass is 318 g/mol. The number of ether oxygens (including phenoxy) is 1. The van der Waals surface area contributed by atoms with Crippen LogP contribution in [-0.2, 0) is 14.8 Å². The summed E-state index contributed by atoms with van der Waals surface area (Å²) in [6.07, 6.45) is 0. The first-order valence-corrected chi connectivity index (χ1v) is 7.76. The maximum Gasteiger partial charge on any atom is 0.337 e. The molecule has 6 nitrogen and oxygen atoms in total. The van der Waals surface area contributed by atoms with Crippen LogP contribution < -0.4 is 5.32 Å². The number of halogens is 1. The predicted octanol–water partition coefficient (Wildman–Crippen LogP) is 0.719. The third-order valence-corrected chi connectivity index (χ3v) is 5.68. The summed E-state index contributed by atoms with van der Waals surface area (Å²) in [5, 5.41) is 3.09. The Kier molecular flexibility index (Phi) is 4.33. The van der Waals surface area contributed by atoms with Crippen LogP contribution >= 0.6 is 11.6 Å². The molecular weight excluding hydrogens is 304 g/mol. The van der Waals surface area contributed by atoms with Crippen LogP contribution in [0.25, 0.3) is 0 Å². The second-order valence-corrected chi connectivity index (χ2v) is 6.84. The molecule has 1 heterocycles. The van der Waals surface area contributed by atoms with Crippen LogP contribution in [0.3, 0.4) is 0 Å². The number of sulfonamides is 1. The topological polar surface area (TPSA) is 75.7 Å². The normalized spacial score (nSPS) is 16.0. The van der Waals surface area contributed by atoms with Crippen LogP contribution in [0, 0.1) is 0 Å². The van der Waals surface area contributed by atoms with Gasteiger partial charge < -0.3 is 10.1 Å². The number of nitrogens with one attached hydrogen (secondary N) is 1. The number of carbonyl (C=O) groups excluding carboxylic acids is 1. The van der Waals surface area contributed by atoms with Crippen molar-refractivity contribution in [1.29, 1.82) is 0 Å². The molecular formula is C12H15ClN2O4S. The lowest BCUT2D eigenvalue weighted by Gasteiger charge is -2.34. The Morgan fingerprint density at radius 1 is 1.45 bits per heavy atom. The molecule has 1 aliphatic heterocycles. The molecule has 0 spiro atoms. The predicted molar refractivity (Wildman–Crippen MR) is 74.4 cm³/mol. The van der Waals surface area contributed by atoms with Crippen LogP contribution in [0.2, 0.25) is 5.02 Å². The van der Waals surface area contributed by atoms with Crippen LogP contribution in [0.5, 0.6) is 0 Å². The van der Waals surface area contributed by atoms with Gasteiger partial charge in [0.1, 0.15) is 4.90 Å². The molecule has 1 N–H and O–H groups in total. The van der Waals surface area contributed by atoms with Crippen molar-refractivity contribution >= 4 is 27.6 Å². The molecule has 0 aliphatic carbocycles. The van der Waals surface area contributed by atoms with Crippen molar-refractivity contribution in [1.82, 2.24) is 9.62 Å². The van der Waals surface area contributed by atoms with Gasteiger partial charge in [-0.25, -0.2) is 13.2 Å². The van der Waals surface area contributed by atoms with E-state index in [2.05, 4.69) is 10.1 Å². The van der Waals surface area contributed by atoms with Gasteiger partial charge in [0.2, 0.25) is 10.0 Å². The fraction of sp³-hybridized carbons (Fsp3) is 0.417. The molecule has 2 rings (SSSR count). The van der Waals surface area contributed by atoms with Gasteiger partial charge in [-0.15, -0.1) is 0 Å². The number of methoxy groups -OCH3 is 1. The van der Waals surface area contributed by atoms with E-state index < -0.39 is 16.0 Å². The molecule has 0 atom stereocenters. The molecule has 110 valence electrons. The van der Waals surface area contributed by atoms with E-state index in [9.17, 15) is 13.2 Å². The second kappa shape index (κ2) is 5.69. The molecule has 0 aromatic heterocycles. The van der Waals surface area contributed by atoms with E-state index in [1.54, 1.807) is 0 Å². The van der Waals surface area contributed by atoms with Gasteiger partial charge in [0.25, 0.3) is 0 Å². The first kappa shape index (κ1) is 15.2. The molecule has 1 saturated heterocycles. The number of esters is 1. The number of hydrogen-bond donors (Lipinski definition) is 1. The summed E-state index contributed by atoms with van der Waals surface area (Å²) in [5.41, 5.74) is 0.149. The highest BCUT2D eigenvalue weighted by atomic mass is 35.5. The summed E-state index contributed by atoms with van der Waals surface area (Å²) < 4.78 is 30.9. The van der Waals surface area contributed by atoms with Crippen molar-refractivity contribution in [3.05, 3.63) is 28.8 Å². The highest BCUT2D eigenvalue weighted by Gasteiger charge is 2.33. The van der Waals surface area contributed by atoms with Gasteiger partial charge in [0.15, 0.2) is 0 Å². The molecule has 1 aromatic rings. The maximum atomic E-state index is 12.5. The highest BCUT2D eigenvalue weighted by molar-refractivity contribution is 7.89. The summed E-state index contributed by atoms with van der Waals surface area (Å²) in [6, 6.07) is 3.95. The summed E-state index contributed by atoms with van der Waals surface area (Å²) in [6.45, 7) is 1.20. The molecule has 1 aromatic carbocycles. The van der Waals surface area contributed by atoms with Crippen LogP contribution in [-0.4, -0.2) is 52.0 Å². The fourth-order valence-electron chi connectivity index (χ4n) is 1.83. The van der Waals surface area contributed by atoms with Crippen molar-refractivity contribution in [3.63, 3.8) is 0 Å². The van der Waals surface area contributed by atoms with E-state index in [4.69, 9.17) is 11.6 Å². The molecule has 0 saturated carbocycles. The Balaban J connectivity index is 2.42.